The van der Waals surface area contributed by atoms with Crippen LogP contribution in [-0.2, 0) is 22.4 Å². The summed E-state index contributed by atoms with van der Waals surface area (Å²) in [7, 11) is 1.33. The average Bonchev–Trinajstić information content (AvgIpc) is 2.74. The van der Waals surface area contributed by atoms with E-state index in [1.807, 2.05) is 49.4 Å². The van der Waals surface area contributed by atoms with E-state index < -0.39 is 12.1 Å². The van der Waals surface area contributed by atoms with Crippen molar-refractivity contribution >= 4 is 16.9 Å². The van der Waals surface area contributed by atoms with Crippen molar-refractivity contribution < 1.29 is 18.7 Å². The Bertz CT molecular complexity index is 1080. The molecule has 5 nitrogen and oxygen atoms in total. The molecule has 1 atom stereocenters. The molecular weight excluding hydrogens is 356 g/mol. The molecule has 1 aromatic heterocycles. The second-order valence-corrected chi connectivity index (χ2v) is 7.05. The molecule has 5 heteroatoms. The normalized spacial score (nSPS) is 14.4. The van der Waals surface area contributed by atoms with E-state index in [-0.39, 0.29) is 5.63 Å². The molecule has 28 heavy (non-hydrogen) atoms. The second-order valence-electron chi connectivity index (χ2n) is 7.05. The van der Waals surface area contributed by atoms with Crippen LogP contribution < -0.4 is 10.4 Å². The van der Waals surface area contributed by atoms with Crippen LogP contribution in [0.5, 0.6) is 5.75 Å². The zero-order valence-electron chi connectivity index (χ0n) is 16.0. The van der Waals surface area contributed by atoms with E-state index in [0.29, 0.717) is 22.5 Å². The number of rotatable bonds is 4. The third-order valence-electron chi connectivity index (χ3n) is 5.35. The summed E-state index contributed by atoms with van der Waals surface area (Å²) >= 11 is 0. The van der Waals surface area contributed by atoms with Crippen molar-refractivity contribution in [2.75, 3.05) is 7.11 Å². The fraction of sp³-hybridized carbons (Fsp3) is 0.304. The van der Waals surface area contributed by atoms with Crippen molar-refractivity contribution in [1.29, 1.82) is 0 Å². The summed E-state index contributed by atoms with van der Waals surface area (Å²) in [6.45, 7) is 1.84. The highest BCUT2D eigenvalue weighted by molar-refractivity contribution is 5.86. The fourth-order valence-electron chi connectivity index (χ4n) is 3.87. The van der Waals surface area contributed by atoms with E-state index in [9.17, 15) is 9.59 Å². The van der Waals surface area contributed by atoms with Gasteiger partial charge in [-0.25, -0.2) is 9.59 Å². The maximum Gasteiger partial charge on any atom is 0.351 e. The predicted octanol–water partition coefficient (Wildman–Crippen LogP) is 4.27. The third kappa shape index (κ3) is 3.17. The van der Waals surface area contributed by atoms with Gasteiger partial charge in [0, 0.05) is 22.1 Å². The standard InChI is InChI=1S/C23H22O5/c1-14-19(27-21(23(25)26-2)15-8-4-3-5-9-15)13-12-17-16-10-6-7-11-18(16)22(24)28-20(14)17/h3-5,8-9,12-13,21H,6-7,10-11H2,1-2H3/t21-/m1/s1. The number of aryl methyl sites for hydroxylation is 2. The summed E-state index contributed by atoms with van der Waals surface area (Å²) < 4.78 is 16.6. The van der Waals surface area contributed by atoms with Gasteiger partial charge in [0.05, 0.1) is 7.11 Å². The lowest BCUT2D eigenvalue weighted by Crippen LogP contribution is -2.21. The van der Waals surface area contributed by atoms with Crippen molar-refractivity contribution in [3.05, 3.63) is 75.1 Å². The minimum atomic E-state index is -0.897. The van der Waals surface area contributed by atoms with Gasteiger partial charge in [-0.2, -0.15) is 0 Å². The predicted molar refractivity (Wildman–Crippen MR) is 106 cm³/mol. The van der Waals surface area contributed by atoms with Crippen LogP contribution in [0.1, 0.15) is 41.2 Å². The highest BCUT2D eigenvalue weighted by Crippen LogP contribution is 2.34. The molecule has 1 aliphatic carbocycles. The average molecular weight is 378 g/mol. The molecule has 4 rings (SSSR count). The summed E-state index contributed by atoms with van der Waals surface area (Å²) in [5.41, 5.74) is 3.53. The first kappa shape index (κ1) is 18.3. The molecule has 0 radical (unpaired) electrons. The Labute approximate surface area is 162 Å². The van der Waals surface area contributed by atoms with Crippen molar-refractivity contribution in [1.82, 2.24) is 0 Å². The van der Waals surface area contributed by atoms with Crippen LogP contribution in [0.4, 0.5) is 0 Å². The molecule has 3 aromatic rings. The smallest absolute Gasteiger partial charge is 0.351 e. The maximum absolute atomic E-state index is 12.5. The molecule has 0 spiro atoms. The van der Waals surface area contributed by atoms with E-state index in [4.69, 9.17) is 13.9 Å². The monoisotopic (exact) mass is 378 g/mol. The first-order chi connectivity index (χ1) is 13.6. The minimum Gasteiger partial charge on any atom is -0.474 e. The molecule has 2 aromatic carbocycles. The van der Waals surface area contributed by atoms with Gasteiger partial charge in [0.2, 0.25) is 6.10 Å². The Hall–Kier alpha value is -3.08. The van der Waals surface area contributed by atoms with Crippen LogP contribution >= 0.6 is 0 Å². The van der Waals surface area contributed by atoms with Crippen LogP contribution in [-0.4, -0.2) is 13.1 Å². The number of hydrogen-bond acceptors (Lipinski definition) is 5. The van der Waals surface area contributed by atoms with Crippen molar-refractivity contribution in [3.63, 3.8) is 0 Å². The zero-order chi connectivity index (χ0) is 19.7. The molecule has 0 N–H and O–H groups in total. The molecule has 144 valence electrons. The molecule has 0 fully saturated rings. The first-order valence-corrected chi connectivity index (χ1v) is 9.47. The van der Waals surface area contributed by atoms with E-state index >= 15 is 0 Å². The van der Waals surface area contributed by atoms with Gasteiger partial charge in [-0.05, 0) is 50.3 Å². The van der Waals surface area contributed by atoms with Gasteiger partial charge < -0.3 is 13.9 Å². The number of methoxy groups -OCH3 is 1. The topological polar surface area (TPSA) is 65.7 Å². The van der Waals surface area contributed by atoms with Crippen LogP contribution in [0.3, 0.4) is 0 Å². The van der Waals surface area contributed by atoms with Gasteiger partial charge >= 0.3 is 11.6 Å². The van der Waals surface area contributed by atoms with Gasteiger partial charge in [0.25, 0.3) is 0 Å². The van der Waals surface area contributed by atoms with Gasteiger partial charge in [0.1, 0.15) is 11.3 Å². The van der Waals surface area contributed by atoms with E-state index in [1.54, 1.807) is 0 Å². The summed E-state index contributed by atoms with van der Waals surface area (Å²) in [6, 6.07) is 12.9. The van der Waals surface area contributed by atoms with E-state index in [2.05, 4.69) is 0 Å². The van der Waals surface area contributed by atoms with Crippen LogP contribution in [0.2, 0.25) is 0 Å². The Morgan fingerprint density at radius 2 is 1.75 bits per heavy atom. The minimum absolute atomic E-state index is 0.268. The Morgan fingerprint density at radius 3 is 2.46 bits per heavy atom. The van der Waals surface area contributed by atoms with E-state index in [0.717, 1.165) is 42.2 Å². The quantitative estimate of drug-likeness (QED) is 0.501. The largest absolute Gasteiger partial charge is 0.474 e. The second kappa shape index (κ2) is 7.50. The van der Waals surface area contributed by atoms with Crippen molar-refractivity contribution in [2.24, 2.45) is 0 Å². The number of carbonyl (C=O) groups excluding carboxylic acids is 1. The molecule has 1 heterocycles. The lowest BCUT2D eigenvalue weighted by molar-refractivity contribution is -0.149. The van der Waals surface area contributed by atoms with Crippen molar-refractivity contribution in [3.8, 4) is 5.75 Å². The fourth-order valence-corrected chi connectivity index (χ4v) is 3.87. The third-order valence-corrected chi connectivity index (χ3v) is 5.35. The molecule has 0 saturated carbocycles. The first-order valence-electron chi connectivity index (χ1n) is 9.47. The summed E-state index contributed by atoms with van der Waals surface area (Å²) in [6.07, 6.45) is 2.84. The maximum atomic E-state index is 12.5. The van der Waals surface area contributed by atoms with Gasteiger partial charge in [-0.3, -0.25) is 0 Å². The van der Waals surface area contributed by atoms with Gasteiger partial charge in [0.15, 0.2) is 0 Å². The Morgan fingerprint density at radius 1 is 1.04 bits per heavy atom. The number of fused-ring (bicyclic) bond motifs is 3. The SMILES string of the molecule is COC(=O)[C@H](Oc1ccc2c3c(c(=O)oc2c1C)CCCC3)c1ccccc1. The highest BCUT2D eigenvalue weighted by Gasteiger charge is 2.26. The Balaban J connectivity index is 1.79. The number of benzene rings is 2. The summed E-state index contributed by atoms with van der Waals surface area (Å²) in [4.78, 5) is 24.8. The Kier molecular flexibility index (Phi) is 4.90. The molecule has 0 saturated heterocycles. The molecule has 0 bridgehead atoms. The summed E-state index contributed by atoms with van der Waals surface area (Å²) in [5, 5.41) is 0.952. The zero-order valence-corrected chi connectivity index (χ0v) is 16.0. The van der Waals surface area contributed by atoms with E-state index in [1.165, 1.54) is 7.11 Å². The van der Waals surface area contributed by atoms with Crippen LogP contribution in [0, 0.1) is 6.92 Å². The number of ether oxygens (including phenoxy) is 2. The number of esters is 1. The van der Waals surface area contributed by atoms with Crippen LogP contribution in [0.15, 0.2) is 51.7 Å². The molecule has 0 amide bonds. The summed E-state index contributed by atoms with van der Waals surface area (Å²) in [5.74, 6) is 0.00301. The van der Waals surface area contributed by atoms with Gasteiger partial charge in [-0.1, -0.05) is 30.3 Å². The molecule has 0 aliphatic heterocycles. The van der Waals surface area contributed by atoms with Crippen LogP contribution in [0.25, 0.3) is 11.0 Å². The number of hydrogen-bond donors (Lipinski definition) is 0. The molecule has 0 unspecified atom stereocenters. The highest BCUT2D eigenvalue weighted by atomic mass is 16.6. The van der Waals surface area contributed by atoms with Gasteiger partial charge in [-0.15, -0.1) is 0 Å². The lowest BCUT2D eigenvalue weighted by Gasteiger charge is -2.21. The molecule has 1 aliphatic rings. The lowest BCUT2D eigenvalue weighted by atomic mass is 9.90. The molecular formula is C23H22O5. The van der Waals surface area contributed by atoms with Crippen molar-refractivity contribution in [2.45, 2.75) is 38.7 Å². The number of carbonyl (C=O) groups is 1.